The maximum absolute atomic E-state index is 12.7. The lowest BCUT2D eigenvalue weighted by Gasteiger charge is -2.10. The van der Waals surface area contributed by atoms with E-state index in [9.17, 15) is 4.79 Å². The van der Waals surface area contributed by atoms with Gasteiger partial charge in [0.2, 0.25) is 5.88 Å². The molecule has 0 spiro atoms. The minimum atomic E-state index is -0.192. The third-order valence-electron chi connectivity index (χ3n) is 5.74. The number of nitrogens with zero attached hydrogens (tertiary/aromatic N) is 6. The van der Waals surface area contributed by atoms with Crippen LogP contribution in [0.4, 0.5) is 5.69 Å². The van der Waals surface area contributed by atoms with Gasteiger partial charge >= 0.3 is 0 Å². The Labute approximate surface area is 192 Å². The second-order valence-corrected chi connectivity index (χ2v) is 8.07. The largest absolute Gasteiger partial charge is 0.439 e. The van der Waals surface area contributed by atoms with E-state index in [1.165, 1.54) is 0 Å². The maximum Gasteiger partial charge on any atom is 0.259 e. The van der Waals surface area contributed by atoms with Crippen LogP contribution in [0.25, 0.3) is 5.82 Å². The molecule has 4 rings (SSSR count). The van der Waals surface area contributed by atoms with E-state index < -0.39 is 0 Å². The quantitative estimate of drug-likeness (QED) is 0.492. The molecule has 9 nitrogen and oxygen atoms in total. The second-order valence-electron chi connectivity index (χ2n) is 8.07. The number of aromatic nitrogens is 6. The van der Waals surface area contributed by atoms with Gasteiger partial charge in [0, 0.05) is 30.2 Å². The van der Waals surface area contributed by atoms with E-state index in [2.05, 4.69) is 25.5 Å². The number of hydrogen-bond donors (Lipinski definition) is 1. The first kappa shape index (κ1) is 22.2. The predicted octanol–water partition coefficient (Wildman–Crippen LogP) is 4.29. The summed E-state index contributed by atoms with van der Waals surface area (Å²) in [6.45, 7) is 11.5. The Kier molecular flexibility index (Phi) is 5.71. The second kappa shape index (κ2) is 8.50. The number of aryl methyl sites for hydroxylation is 4. The summed E-state index contributed by atoms with van der Waals surface area (Å²) in [5.74, 6) is 2.05. The molecule has 0 saturated carbocycles. The van der Waals surface area contributed by atoms with E-state index >= 15 is 0 Å². The summed E-state index contributed by atoms with van der Waals surface area (Å²) >= 11 is 0. The zero-order valence-electron chi connectivity index (χ0n) is 19.9. The first-order valence-electron chi connectivity index (χ1n) is 10.6. The summed E-state index contributed by atoms with van der Waals surface area (Å²) in [6, 6.07) is 8.89. The van der Waals surface area contributed by atoms with Crippen molar-refractivity contribution in [3.8, 4) is 17.4 Å². The molecular formula is C24H27N7O2. The van der Waals surface area contributed by atoms with Crippen LogP contribution >= 0.6 is 0 Å². The number of benzene rings is 1. The molecule has 0 radical (unpaired) electrons. The molecule has 0 atom stereocenters. The number of nitrogens with one attached hydrogen (secondary N) is 1. The number of amides is 1. The maximum atomic E-state index is 12.7. The molecule has 0 unspecified atom stereocenters. The lowest BCUT2D eigenvalue weighted by atomic mass is 10.2. The van der Waals surface area contributed by atoms with Crippen molar-refractivity contribution >= 4 is 11.6 Å². The Morgan fingerprint density at radius 3 is 2.18 bits per heavy atom. The molecule has 4 aromatic rings. The van der Waals surface area contributed by atoms with E-state index in [4.69, 9.17) is 4.74 Å². The molecule has 0 fully saturated rings. The lowest BCUT2D eigenvalue weighted by molar-refractivity contribution is 0.102. The summed E-state index contributed by atoms with van der Waals surface area (Å²) in [5.41, 5.74) is 5.87. The molecule has 0 saturated heterocycles. The molecule has 0 aliphatic carbocycles. The van der Waals surface area contributed by atoms with Crippen LogP contribution in [-0.2, 0) is 7.05 Å². The Morgan fingerprint density at radius 1 is 0.909 bits per heavy atom. The fourth-order valence-electron chi connectivity index (χ4n) is 3.65. The molecule has 3 aromatic heterocycles. The Balaban J connectivity index is 1.52. The standard InChI is InChI=1S/C24H27N7O2/c1-13-14(2)29-31(16(13)4)21-12-22(26-18(6)25-21)33-20-10-8-19(9-11-20)27-24(32)23-15(3)28-30(7)17(23)5/h8-12H,1-7H3,(H,27,32). The fraction of sp³-hybridized carbons (Fsp3) is 0.292. The number of rotatable bonds is 5. The highest BCUT2D eigenvalue weighted by atomic mass is 16.5. The fourth-order valence-corrected chi connectivity index (χ4v) is 3.65. The van der Waals surface area contributed by atoms with Crippen molar-refractivity contribution < 1.29 is 9.53 Å². The Morgan fingerprint density at radius 2 is 1.61 bits per heavy atom. The first-order chi connectivity index (χ1) is 15.6. The topological polar surface area (TPSA) is 99.8 Å². The van der Waals surface area contributed by atoms with E-state index in [-0.39, 0.29) is 5.91 Å². The highest BCUT2D eigenvalue weighted by Gasteiger charge is 2.17. The summed E-state index contributed by atoms with van der Waals surface area (Å²) < 4.78 is 9.47. The smallest absolute Gasteiger partial charge is 0.259 e. The minimum absolute atomic E-state index is 0.192. The highest BCUT2D eigenvalue weighted by molar-refractivity contribution is 6.05. The van der Waals surface area contributed by atoms with Crippen LogP contribution in [0.3, 0.4) is 0 Å². The van der Waals surface area contributed by atoms with Gasteiger partial charge in [-0.05, 0) is 71.4 Å². The van der Waals surface area contributed by atoms with Crippen molar-refractivity contribution in [3.05, 3.63) is 70.1 Å². The van der Waals surface area contributed by atoms with Crippen LogP contribution in [-0.4, -0.2) is 35.4 Å². The van der Waals surface area contributed by atoms with Crippen LogP contribution < -0.4 is 10.1 Å². The molecule has 1 aromatic carbocycles. The summed E-state index contributed by atoms with van der Waals surface area (Å²) in [5, 5.41) is 11.8. The van der Waals surface area contributed by atoms with Crippen molar-refractivity contribution in [2.24, 2.45) is 7.05 Å². The zero-order chi connectivity index (χ0) is 23.9. The van der Waals surface area contributed by atoms with Gasteiger partial charge < -0.3 is 10.1 Å². The molecule has 9 heteroatoms. The number of hydrogen-bond acceptors (Lipinski definition) is 6. The molecule has 1 amide bonds. The number of ether oxygens (including phenoxy) is 1. The number of carbonyl (C=O) groups excluding carboxylic acids is 1. The molecule has 0 aliphatic heterocycles. The van der Waals surface area contributed by atoms with Gasteiger partial charge in [0.05, 0.1) is 17.0 Å². The van der Waals surface area contributed by atoms with Crippen LogP contribution in [0.15, 0.2) is 30.3 Å². The van der Waals surface area contributed by atoms with Crippen molar-refractivity contribution in [2.75, 3.05) is 5.32 Å². The molecule has 0 aliphatic rings. The van der Waals surface area contributed by atoms with Crippen molar-refractivity contribution in [3.63, 3.8) is 0 Å². The monoisotopic (exact) mass is 445 g/mol. The molecule has 1 N–H and O–H groups in total. The van der Waals surface area contributed by atoms with Gasteiger partial charge in [0.25, 0.3) is 5.91 Å². The summed E-state index contributed by atoms with van der Waals surface area (Å²) in [4.78, 5) is 21.6. The molecule has 3 heterocycles. The average Bonchev–Trinajstić information content (AvgIpc) is 3.17. The van der Waals surface area contributed by atoms with E-state index in [1.807, 2.05) is 48.6 Å². The van der Waals surface area contributed by atoms with Gasteiger partial charge in [-0.15, -0.1) is 0 Å². The van der Waals surface area contributed by atoms with E-state index in [1.54, 1.807) is 39.7 Å². The number of anilines is 1. The van der Waals surface area contributed by atoms with Crippen molar-refractivity contribution in [1.82, 2.24) is 29.5 Å². The Hall–Kier alpha value is -4.01. The predicted molar refractivity (Wildman–Crippen MR) is 125 cm³/mol. The van der Waals surface area contributed by atoms with Crippen molar-refractivity contribution in [2.45, 2.75) is 41.5 Å². The van der Waals surface area contributed by atoms with E-state index in [0.29, 0.717) is 40.2 Å². The zero-order valence-corrected chi connectivity index (χ0v) is 19.9. The average molecular weight is 446 g/mol. The van der Waals surface area contributed by atoms with Gasteiger partial charge in [0.1, 0.15) is 11.6 Å². The van der Waals surface area contributed by atoms with Gasteiger partial charge in [0.15, 0.2) is 5.82 Å². The molecule has 0 bridgehead atoms. The summed E-state index contributed by atoms with van der Waals surface area (Å²) in [7, 11) is 1.82. The SMILES string of the molecule is Cc1nc(Oc2ccc(NC(=O)c3c(C)nn(C)c3C)cc2)cc(-n2nc(C)c(C)c2C)n1. The minimum Gasteiger partial charge on any atom is -0.439 e. The number of carbonyl (C=O) groups is 1. The lowest BCUT2D eigenvalue weighted by Crippen LogP contribution is -2.14. The van der Waals surface area contributed by atoms with Gasteiger partial charge in [-0.2, -0.15) is 15.2 Å². The van der Waals surface area contributed by atoms with Gasteiger partial charge in [-0.3, -0.25) is 9.48 Å². The first-order valence-corrected chi connectivity index (χ1v) is 10.6. The van der Waals surface area contributed by atoms with Gasteiger partial charge in [-0.1, -0.05) is 0 Å². The molecule has 33 heavy (non-hydrogen) atoms. The van der Waals surface area contributed by atoms with Crippen LogP contribution in [0.2, 0.25) is 0 Å². The Bertz CT molecular complexity index is 1350. The van der Waals surface area contributed by atoms with Crippen LogP contribution in [0.5, 0.6) is 11.6 Å². The molecule has 170 valence electrons. The third-order valence-corrected chi connectivity index (χ3v) is 5.74. The third kappa shape index (κ3) is 4.34. The van der Waals surface area contributed by atoms with E-state index in [0.717, 1.165) is 22.6 Å². The normalized spacial score (nSPS) is 11.0. The van der Waals surface area contributed by atoms with Crippen LogP contribution in [0, 0.1) is 41.5 Å². The van der Waals surface area contributed by atoms with Gasteiger partial charge in [-0.25, -0.2) is 9.67 Å². The molecular weight excluding hydrogens is 418 g/mol. The highest BCUT2D eigenvalue weighted by Crippen LogP contribution is 2.25. The van der Waals surface area contributed by atoms with Crippen LogP contribution in [0.1, 0.15) is 44.5 Å². The van der Waals surface area contributed by atoms with Crippen molar-refractivity contribution in [1.29, 1.82) is 0 Å². The summed E-state index contributed by atoms with van der Waals surface area (Å²) in [6.07, 6.45) is 0.